The van der Waals surface area contributed by atoms with Gasteiger partial charge in [0.25, 0.3) is 0 Å². The number of anilines is 1. The van der Waals surface area contributed by atoms with Gasteiger partial charge >= 0.3 is 6.03 Å². The number of thiocarbonyl (C=S) groups is 1. The highest BCUT2D eigenvalue weighted by molar-refractivity contribution is 8.24. The van der Waals surface area contributed by atoms with Gasteiger partial charge in [0.1, 0.15) is 10.5 Å². The zero-order chi connectivity index (χ0) is 19.8. The number of rotatable bonds is 4. The Balaban J connectivity index is 1.86. The Labute approximate surface area is 169 Å². The second kappa shape index (κ2) is 7.66. The lowest BCUT2D eigenvalue weighted by molar-refractivity contribution is -0.115. The molecule has 27 heavy (non-hydrogen) atoms. The maximum absolute atomic E-state index is 12.9. The van der Waals surface area contributed by atoms with Crippen LogP contribution in [0.1, 0.15) is 27.7 Å². The highest BCUT2D eigenvalue weighted by atomic mass is 32.2. The Morgan fingerprint density at radius 2 is 1.96 bits per heavy atom. The molecule has 1 saturated heterocycles. The van der Waals surface area contributed by atoms with Gasteiger partial charge in [0.2, 0.25) is 0 Å². The predicted octanol–water partition coefficient (Wildman–Crippen LogP) is 5.16. The lowest BCUT2D eigenvalue weighted by Crippen LogP contribution is -2.56. The molecule has 1 aliphatic heterocycles. The van der Waals surface area contributed by atoms with E-state index >= 15 is 0 Å². The molecule has 5 nitrogen and oxygen atoms in total. The second-order valence-corrected chi connectivity index (χ2v) is 9.98. The average molecular weight is 404 g/mol. The molecule has 7 heteroatoms. The van der Waals surface area contributed by atoms with Gasteiger partial charge in [-0.3, -0.25) is 5.21 Å². The van der Waals surface area contributed by atoms with Crippen LogP contribution in [0.5, 0.6) is 0 Å². The Morgan fingerprint density at radius 3 is 2.67 bits per heavy atom. The van der Waals surface area contributed by atoms with Crippen LogP contribution in [0.15, 0.2) is 42.5 Å². The van der Waals surface area contributed by atoms with Crippen molar-refractivity contribution >= 4 is 50.8 Å². The molecular formula is C20H25N3O2S2. The number of carbonyl (C=O) groups excluding carboxylic acids is 1. The largest absolute Gasteiger partial charge is 0.347 e. The third kappa shape index (κ3) is 4.05. The lowest BCUT2D eigenvalue weighted by Gasteiger charge is -2.37. The van der Waals surface area contributed by atoms with Gasteiger partial charge in [-0.05, 0) is 31.2 Å². The van der Waals surface area contributed by atoms with Crippen molar-refractivity contribution in [3.05, 3.63) is 42.5 Å². The van der Waals surface area contributed by atoms with Crippen LogP contribution in [-0.2, 0) is 0 Å². The van der Waals surface area contributed by atoms with Crippen molar-refractivity contribution in [3.8, 4) is 0 Å². The quantitative estimate of drug-likeness (QED) is 0.420. The minimum absolute atomic E-state index is 0.356. The first-order chi connectivity index (χ1) is 12.7. The van der Waals surface area contributed by atoms with Gasteiger partial charge in [-0.2, -0.15) is 5.06 Å². The third-order valence-corrected chi connectivity index (χ3v) is 6.17. The van der Waals surface area contributed by atoms with Gasteiger partial charge in [0.15, 0.2) is 0 Å². The van der Waals surface area contributed by atoms with E-state index in [-0.39, 0.29) is 0 Å². The summed E-state index contributed by atoms with van der Waals surface area (Å²) in [5.74, 6) is 0.356. The highest BCUT2D eigenvalue weighted by Crippen LogP contribution is 2.42. The fraction of sp³-hybridized carbons (Fsp3) is 0.400. The van der Waals surface area contributed by atoms with Crippen molar-refractivity contribution in [2.45, 2.75) is 38.6 Å². The fourth-order valence-electron chi connectivity index (χ4n) is 3.42. The molecule has 0 aliphatic carbocycles. The first kappa shape index (κ1) is 19.9. The number of hydroxylamine groups is 2. The summed E-state index contributed by atoms with van der Waals surface area (Å²) in [4.78, 5) is 14.8. The monoisotopic (exact) mass is 403 g/mol. The first-order valence-corrected chi connectivity index (χ1v) is 10.2. The van der Waals surface area contributed by atoms with Crippen LogP contribution in [0.3, 0.4) is 0 Å². The molecule has 1 fully saturated rings. The number of nitrogens with one attached hydrogen (secondary N) is 1. The van der Waals surface area contributed by atoms with E-state index in [1.807, 2.05) is 61.2 Å². The number of thioether (sulfide) groups is 1. The molecule has 0 aromatic heterocycles. The predicted molar refractivity (Wildman–Crippen MR) is 116 cm³/mol. The molecule has 2 amide bonds. The van der Waals surface area contributed by atoms with E-state index in [0.717, 1.165) is 15.8 Å². The van der Waals surface area contributed by atoms with Crippen molar-refractivity contribution in [1.82, 2.24) is 9.96 Å². The van der Waals surface area contributed by atoms with Crippen molar-refractivity contribution < 1.29 is 10.0 Å². The zero-order valence-electron chi connectivity index (χ0n) is 16.0. The number of nitrogens with zero attached hydrogens (tertiary/aromatic N) is 2. The summed E-state index contributed by atoms with van der Waals surface area (Å²) in [6.07, 6.45) is -0.535. The number of amides is 2. The molecule has 0 saturated carbocycles. The molecule has 1 atom stereocenters. The molecule has 2 aromatic carbocycles. The number of hydrogen-bond acceptors (Lipinski definition) is 4. The standard InChI is InChI=1S/C20H25N3O2S2/c1-13(2)12-22-17(20(3,4)27-19(22)26)23(25)18(24)21-16-11-7-9-14-8-5-6-10-15(14)16/h5-11,13,17,25H,12H2,1-4H3,(H,21,24)/t17-/m1/s1. The lowest BCUT2D eigenvalue weighted by atomic mass is 10.1. The van der Waals surface area contributed by atoms with Crippen molar-refractivity contribution in [2.24, 2.45) is 5.92 Å². The second-order valence-electron chi connectivity index (χ2n) is 7.69. The summed E-state index contributed by atoms with van der Waals surface area (Å²) in [5.41, 5.74) is 0.665. The SMILES string of the molecule is CC(C)CN1C(=S)SC(C)(C)[C@H]1N(O)C(=O)Nc1cccc2ccccc12. The van der Waals surface area contributed by atoms with Crippen LogP contribution in [0.4, 0.5) is 10.5 Å². The van der Waals surface area contributed by atoms with E-state index in [2.05, 4.69) is 19.2 Å². The van der Waals surface area contributed by atoms with Crippen molar-refractivity contribution in [2.75, 3.05) is 11.9 Å². The first-order valence-electron chi connectivity index (χ1n) is 8.97. The Kier molecular flexibility index (Phi) is 5.65. The van der Waals surface area contributed by atoms with Crippen molar-refractivity contribution in [1.29, 1.82) is 0 Å². The van der Waals surface area contributed by atoms with E-state index in [1.54, 1.807) is 0 Å². The molecule has 2 N–H and O–H groups in total. The molecule has 0 bridgehead atoms. The van der Waals surface area contributed by atoms with Gasteiger partial charge in [0, 0.05) is 11.9 Å². The normalized spacial score (nSPS) is 19.0. The smallest absolute Gasteiger partial charge is 0.333 e. The molecule has 2 aromatic rings. The van der Waals surface area contributed by atoms with Gasteiger partial charge in [-0.1, -0.05) is 74.2 Å². The number of hydrogen-bond donors (Lipinski definition) is 2. The van der Waals surface area contributed by atoms with Crippen LogP contribution in [0, 0.1) is 5.92 Å². The molecule has 3 rings (SSSR count). The van der Waals surface area contributed by atoms with Gasteiger partial charge in [-0.25, -0.2) is 4.79 Å². The molecule has 0 radical (unpaired) electrons. The topological polar surface area (TPSA) is 55.8 Å². The van der Waals surface area contributed by atoms with Gasteiger partial charge in [-0.15, -0.1) is 0 Å². The summed E-state index contributed by atoms with van der Waals surface area (Å²) in [6, 6.07) is 13.0. The Bertz CT molecular complexity index is 864. The summed E-state index contributed by atoms with van der Waals surface area (Å²) >= 11 is 7.01. The van der Waals surface area contributed by atoms with Crippen molar-refractivity contribution in [3.63, 3.8) is 0 Å². The van der Waals surface area contributed by atoms with Crippen LogP contribution in [-0.4, -0.2) is 43.0 Å². The molecule has 0 spiro atoms. The van der Waals surface area contributed by atoms with E-state index in [4.69, 9.17) is 12.2 Å². The Hall–Kier alpha value is -1.83. The minimum atomic E-state index is -0.566. The molecular weight excluding hydrogens is 378 g/mol. The molecule has 1 heterocycles. The summed E-state index contributed by atoms with van der Waals surface area (Å²) in [7, 11) is 0. The molecule has 144 valence electrons. The van der Waals surface area contributed by atoms with Crippen LogP contribution >= 0.6 is 24.0 Å². The summed E-state index contributed by atoms with van der Waals surface area (Å²) in [6.45, 7) is 8.84. The van der Waals surface area contributed by atoms with Crippen LogP contribution in [0.25, 0.3) is 10.8 Å². The fourth-order valence-corrected chi connectivity index (χ4v) is 5.32. The van der Waals surface area contributed by atoms with E-state index in [9.17, 15) is 10.0 Å². The minimum Gasteiger partial charge on any atom is -0.333 e. The zero-order valence-corrected chi connectivity index (χ0v) is 17.6. The summed E-state index contributed by atoms with van der Waals surface area (Å²) < 4.78 is 0.285. The van der Waals surface area contributed by atoms with E-state index in [0.29, 0.717) is 22.5 Å². The van der Waals surface area contributed by atoms with Crippen LogP contribution in [0.2, 0.25) is 0 Å². The number of benzene rings is 2. The van der Waals surface area contributed by atoms with E-state index in [1.165, 1.54) is 11.8 Å². The number of urea groups is 1. The van der Waals surface area contributed by atoms with Gasteiger partial charge < -0.3 is 10.2 Å². The van der Waals surface area contributed by atoms with E-state index < -0.39 is 16.9 Å². The number of fused-ring (bicyclic) bond motifs is 1. The number of carbonyl (C=O) groups is 1. The van der Waals surface area contributed by atoms with Gasteiger partial charge in [0.05, 0.1) is 10.4 Å². The molecule has 1 aliphatic rings. The Morgan fingerprint density at radius 1 is 1.30 bits per heavy atom. The third-order valence-electron chi connectivity index (χ3n) is 4.53. The summed E-state index contributed by atoms with van der Waals surface area (Å²) in [5, 5.41) is 16.4. The maximum Gasteiger partial charge on any atom is 0.347 e. The van der Waals surface area contributed by atoms with Crippen LogP contribution < -0.4 is 5.32 Å². The average Bonchev–Trinajstić information content (AvgIpc) is 2.82. The molecule has 0 unspecified atom stereocenters. The highest BCUT2D eigenvalue weighted by Gasteiger charge is 2.49. The maximum atomic E-state index is 12.9.